The van der Waals surface area contributed by atoms with Crippen LogP contribution < -0.4 is 15.4 Å². The first-order valence-corrected chi connectivity index (χ1v) is 10.3. The highest BCUT2D eigenvalue weighted by Crippen LogP contribution is 2.37. The number of halogens is 1. The molecule has 162 valence electrons. The third-order valence-electron chi connectivity index (χ3n) is 5.63. The van der Waals surface area contributed by atoms with E-state index < -0.39 is 5.82 Å². The van der Waals surface area contributed by atoms with Crippen LogP contribution in [-0.2, 0) is 0 Å². The van der Waals surface area contributed by atoms with Crippen LogP contribution in [0.15, 0.2) is 30.7 Å². The molecule has 1 amide bonds. The molecule has 0 spiro atoms. The van der Waals surface area contributed by atoms with Gasteiger partial charge in [0, 0.05) is 25.7 Å². The summed E-state index contributed by atoms with van der Waals surface area (Å²) >= 11 is 0. The monoisotopic (exact) mass is 415 g/mol. The van der Waals surface area contributed by atoms with Crippen molar-refractivity contribution in [2.24, 2.45) is 11.1 Å². The van der Waals surface area contributed by atoms with Gasteiger partial charge in [-0.3, -0.25) is 4.79 Å². The summed E-state index contributed by atoms with van der Waals surface area (Å²) in [5, 5.41) is 0. The second kappa shape index (κ2) is 8.95. The molecule has 1 atom stereocenters. The van der Waals surface area contributed by atoms with Gasteiger partial charge in [-0.2, -0.15) is 0 Å². The minimum Gasteiger partial charge on any atom is -0.451 e. The van der Waals surface area contributed by atoms with Crippen LogP contribution >= 0.6 is 0 Å². The largest absolute Gasteiger partial charge is 0.451 e. The van der Waals surface area contributed by atoms with Gasteiger partial charge in [0.05, 0.1) is 11.8 Å². The molecule has 2 aromatic rings. The van der Waals surface area contributed by atoms with Gasteiger partial charge in [-0.15, -0.1) is 0 Å². The van der Waals surface area contributed by atoms with Gasteiger partial charge in [-0.25, -0.2) is 14.4 Å². The smallest absolute Gasteiger partial charge is 0.257 e. The van der Waals surface area contributed by atoms with Gasteiger partial charge in [0.1, 0.15) is 17.9 Å². The maximum absolute atomic E-state index is 14.0. The van der Waals surface area contributed by atoms with Crippen LogP contribution in [0.3, 0.4) is 0 Å². The van der Waals surface area contributed by atoms with Gasteiger partial charge in [0.25, 0.3) is 5.91 Å². The second-order valence-electron chi connectivity index (χ2n) is 8.32. The van der Waals surface area contributed by atoms with Gasteiger partial charge in [0.15, 0.2) is 11.6 Å². The Morgan fingerprint density at radius 1 is 1.40 bits per heavy atom. The molecule has 7 nitrogen and oxygen atoms in total. The zero-order chi connectivity index (χ0) is 21.9. The van der Waals surface area contributed by atoms with Gasteiger partial charge >= 0.3 is 0 Å². The number of ether oxygens (including phenoxy) is 1. The molecule has 1 unspecified atom stereocenters. The molecule has 2 N–H and O–H groups in total. The lowest BCUT2D eigenvalue weighted by Crippen LogP contribution is -2.36. The summed E-state index contributed by atoms with van der Waals surface area (Å²) in [6.07, 6.45) is 3.99. The maximum atomic E-state index is 14.0. The van der Waals surface area contributed by atoms with Crippen molar-refractivity contribution in [1.82, 2.24) is 14.9 Å². The molecular weight excluding hydrogens is 385 g/mol. The first-order chi connectivity index (χ1) is 14.3. The number of carbonyl (C=O) groups excluding carboxylic acids is 1. The van der Waals surface area contributed by atoms with Crippen LogP contribution in [-0.4, -0.2) is 53.0 Å². The Hall–Kier alpha value is -2.74. The van der Waals surface area contributed by atoms with Gasteiger partial charge < -0.3 is 20.3 Å². The van der Waals surface area contributed by atoms with Crippen molar-refractivity contribution in [3.63, 3.8) is 0 Å². The third-order valence-corrected chi connectivity index (χ3v) is 5.63. The van der Waals surface area contributed by atoms with Crippen molar-refractivity contribution >= 4 is 11.7 Å². The van der Waals surface area contributed by atoms with E-state index in [1.54, 1.807) is 11.1 Å². The number of amides is 1. The van der Waals surface area contributed by atoms with Crippen molar-refractivity contribution in [3.05, 3.63) is 42.1 Å². The topological polar surface area (TPSA) is 84.6 Å². The van der Waals surface area contributed by atoms with Crippen LogP contribution in [0, 0.1) is 11.2 Å². The average Bonchev–Trinajstić information content (AvgIpc) is 3.12. The van der Waals surface area contributed by atoms with E-state index in [2.05, 4.69) is 21.8 Å². The molecular formula is C22H30FN5O2. The van der Waals surface area contributed by atoms with Crippen LogP contribution in [0.4, 0.5) is 10.2 Å². The van der Waals surface area contributed by atoms with Crippen molar-refractivity contribution in [3.8, 4) is 11.5 Å². The second-order valence-corrected chi connectivity index (χ2v) is 8.32. The molecule has 1 aliphatic rings. The molecule has 0 radical (unpaired) electrons. The highest BCUT2D eigenvalue weighted by atomic mass is 19.1. The molecule has 1 fully saturated rings. The molecule has 8 heteroatoms. The fraction of sp³-hybridized carbons (Fsp3) is 0.500. The first-order valence-electron chi connectivity index (χ1n) is 10.3. The summed E-state index contributed by atoms with van der Waals surface area (Å²) in [6.45, 7) is 10.5. The average molecular weight is 416 g/mol. The summed E-state index contributed by atoms with van der Waals surface area (Å²) in [5.41, 5.74) is 6.12. The van der Waals surface area contributed by atoms with Crippen molar-refractivity contribution < 1.29 is 13.9 Å². The summed E-state index contributed by atoms with van der Waals surface area (Å²) in [4.78, 5) is 25.3. The summed E-state index contributed by atoms with van der Waals surface area (Å²) < 4.78 is 20.1. The zero-order valence-electron chi connectivity index (χ0n) is 18.1. The minimum atomic E-state index is -0.492. The molecule has 0 saturated carbocycles. The normalized spacial score (nSPS) is 18.7. The van der Waals surface area contributed by atoms with E-state index in [4.69, 9.17) is 10.5 Å². The van der Waals surface area contributed by atoms with E-state index >= 15 is 0 Å². The number of hydrogen-bond acceptors (Lipinski definition) is 6. The Balaban J connectivity index is 1.94. The highest BCUT2D eigenvalue weighted by molar-refractivity contribution is 5.97. The van der Waals surface area contributed by atoms with Crippen LogP contribution in [0.25, 0.3) is 0 Å². The van der Waals surface area contributed by atoms with Gasteiger partial charge in [-0.1, -0.05) is 6.92 Å². The quantitative estimate of drug-likeness (QED) is 0.746. The van der Waals surface area contributed by atoms with Crippen molar-refractivity contribution in [2.45, 2.75) is 40.2 Å². The van der Waals surface area contributed by atoms with Crippen LogP contribution in [0.1, 0.15) is 44.5 Å². The van der Waals surface area contributed by atoms with E-state index in [1.807, 2.05) is 20.8 Å². The van der Waals surface area contributed by atoms with E-state index in [-0.39, 0.29) is 28.7 Å². The fourth-order valence-electron chi connectivity index (χ4n) is 3.77. The van der Waals surface area contributed by atoms with Crippen LogP contribution in [0.2, 0.25) is 0 Å². The van der Waals surface area contributed by atoms with E-state index in [1.165, 1.54) is 24.5 Å². The standard InChI is InChI=1S/C22H30FN5O2/c1-5-28(15(2)3)21(29)17-10-16(23)6-7-18(17)30-19-11-25-14-26-20(19)27-9-8-22(4,12-24)13-27/h6-7,10-11,14-15H,5,8-9,12-13,24H2,1-4H3. The number of carbonyl (C=O) groups is 1. The summed E-state index contributed by atoms with van der Waals surface area (Å²) in [6, 6.07) is 3.95. The number of rotatable bonds is 7. The molecule has 0 bridgehead atoms. The van der Waals surface area contributed by atoms with Gasteiger partial charge in [-0.05, 0) is 57.4 Å². The molecule has 1 saturated heterocycles. The molecule has 0 aliphatic carbocycles. The number of anilines is 1. The Morgan fingerprint density at radius 2 is 2.17 bits per heavy atom. The summed E-state index contributed by atoms with van der Waals surface area (Å²) in [7, 11) is 0. The number of hydrogen-bond donors (Lipinski definition) is 1. The zero-order valence-corrected chi connectivity index (χ0v) is 18.1. The Morgan fingerprint density at radius 3 is 2.80 bits per heavy atom. The van der Waals surface area contributed by atoms with E-state index in [0.29, 0.717) is 24.7 Å². The summed E-state index contributed by atoms with van der Waals surface area (Å²) in [5.74, 6) is 0.566. The highest BCUT2D eigenvalue weighted by Gasteiger charge is 2.34. The maximum Gasteiger partial charge on any atom is 0.257 e. The molecule has 2 heterocycles. The first kappa shape index (κ1) is 22.0. The number of nitrogens with two attached hydrogens (primary N) is 1. The van der Waals surface area contributed by atoms with E-state index in [0.717, 1.165) is 19.5 Å². The third kappa shape index (κ3) is 4.53. The molecule has 1 aromatic heterocycles. The SMILES string of the molecule is CCN(C(=O)c1cc(F)ccc1Oc1cncnc1N1CCC(C)(CN)C1)C(C)C. The van der Waals surface area contributed by atoms with Crippen LogP contribution in [0.5, 0.6) is 11.5 Å². The molecule has 1 aliphatic heterocycles. The van der Waals surface area contributed by atoms with Crippen molar-refractivity contribution in [2.75, 3.05) is 31.1 Å². The number of benzene rings is 1. The predicted molar refractivity (Wildman–Crippen MR) is 114 cm³/mol. The van der Waals surface area contributed by atoms with E-state index in [9.17, 15) is 9.18 Å². The molecule has 1 aromatic carbocycles. The van der Waals surface area contributed by atoms with Gasteiger partial charge in [0.2, 0.25) is 0 Å². The molecule has 30 heavy (non-hydrogen) atoms. The Kier molecular flexibility index (Phi) is 6.55. The lowest BCUT2D eigenvalue weighted by atomic mass is 9.90. The number of aromatic nitrogens is 2. The lowest BCUT2D eigenvalue weighted by molar-refractivity contribution is 0.0713. The Labute approximate surface area is 177 Å². The predicted octanol–water partition coefficient (Wildman–Crippen LogP) is 3.45. The fourth-order valence-corrected chi connectivity index (χ4v) is 3.77. The Bertz CT molecular complexity index is 907. The number of nitrogens with zero attached hydrogens (tertiary/aromatic N) is 4. The lowest BCUT2D eigenvalue weighted by Gasteiger charge is -2.26. The molecule has 3 rings (SSSR count). The minimum absolute atomic E-state index is 0.0120. The van der Waals surface area contributed by atoms with Crippen molar-refractivity contribution in [1.29, 1.82) is 0 Å².